The van der Waals surface area contributed by atoms with E-state index in [0.29, 0.717) is 22.8 Å². The summed E-state index contributed by atoms with van der Waals surface area (Å²) in [6.45, 7) is 3.58. The molecular formula is C25H22F3NO4. The number of carboxylic acid groups (broad SMARTS) is 1. The third-order valence-corrected chi connectivity index (χ3v) is 4.57. The maximum atomic E-state index is 13.1. The average molecular weight is 457 g/mol. The summed E-state index contributed by atoms with van der Waals surface area (Å²) in [4.78, 5) is 12.0. The molecule has 0 bridgehead atoms. The zero-order chi connectivity index (χ0) is 24.0. The van der Waals surface area contributed by atoms with Crippen molar-refractivity contribution in [3.63, 3.8) is 0 Å². The zero-order valence-electron chi connectivity index (χ0n) is 18.1. The van der Waals surface area contributed by atoms with E-state index in [-0.39, 0.29) is 19.6 Å². The lowest BCUT2D eigenvalue weighted by atomic mass is 10.1. The maximum Gasteiger partial charge on any atom is 0.432 e. The summed E-state index contributed by atoms with van der Waals surface area (Å²) in [5.41, 5.74) is 1.51. The van der Waals surface area contributed by atoms with Crippen LogP contribution in [0.2, 0.25) is 0 Å². The first kappa shape index (κ1) is 23.8. The van der Waals surface area contributed by atoms with E-state index in [1.54, 1.807) is 36.4 Å². The molecule has 0 saturated heterocycles. The first-order valence-electron chi connectivity index (χ1n) is 10.1. The van der Waals surface area contributed by atoms with Crippen molar-refractivity contribution in [2.24, 2.45) is 0 Å². The molecule has 0 aromatic heterocycles. The van der Waals surface area contributed by atoms with Crippen LogP contribution in [0.3, 0.4) is 0 Å². The fourth-order valence-electron chi connectivity index (χ4n) is 3.21. The summed E-state index contributed by atoms with van der Waals surface area (Å²) in [6.07, 6.45) is -0.721. The Morgan fingerprint density at radius 3 is 2.64 bits per heavy atom. The molecule has 3 rings (SSSR count). The number of hydrogen-bond acceptors (Lipinski definition) is 4. The Hall–Kier alpha value is -3.86. The van der Waals surface area contributed by atoms with Gasteiger partial charge < -0.3 is 14.6 Å². The molecule has 0 radical (unpaired) electrons. The first-order valence-corrected chi connectivity index (χ1v) is 10.1. The SMILES string of the molecule is Cc1cc(CC(=O)O)cc(Oc2ccc(C)cc2OCC#CN2CC=CC=C2C(F)(F)F)c1. The van der Waals surface area contributed by atoms with Crippen LogP contribution >= 0.6 is 0 Å². The molecule has 0 saturated carbocycles. The standard InChI is InChI=1S/C25H22F3NO4/c1-17-7-8-21(33-20-13-18(2)12-19(15-20)16-24(30)31)22(14-17)32-11-5-10-29-9-4-3-6-23(29)25(26,27)28/h3-4,6-8,12-15H,9,11,16H2,1-2H3,(H,30,31). The van der Waals surface area contributed by atoms with Crippen LogP contribution in [0.4, 0.5) is 13.2 Å². The lowest BCUT2D eigenvalue weighted by Gasteiger charge is -2.23. The van der Waals surface area contributed by atoms with E-state index in [2.05, 4.69) is 12.0 Å². The Kier molecular flexibility index (Phi) is 7.34. The Balaban J connectivity index is 1.74. The molecule has 0 fully saturated rings. The normalized spacial score (nSPS) is 13.1. The highest BCUT2D eigenvalue weighted by Crippen LogP contribution is 2.33. The van der Waals surface area contributed by atoms with Gasteiger partial charge in [0.05, 0.1) is 6.42 Å². The van der Waals surface area contributed by atoms with Crippen LogP contribution in [0, 0.1) is 25.8 Å². The Morgan fingerprint density at radius 2 is 1.91 bits per heavy atom. The lowest BCUT2D eigenvalue weighted by Crippen LogP contribution is -2.30. The Morgan fingerprint density at radius 1 is 1.12 bits per heavy atom. The predicted octanol–water partition coefficient (Wildman–Crippen LogP) is 5.38. The van der Waals surface area contributed by atoms with E-state index >= 15 is 0 Å². The van der Waals surface area contributed by atoms with Crippen LogP contribution in [0.5, 0.6) is 17.2 Å². The summed E-state index contributed by atoms with van der Waals surface area (Å²) in [6, 6.07) is 12.9. The van der Waals surface area contributed by atoms with Crippen LogP contribution in [0.15, 0.2) is 60.3 Å². The second-order valence-electron chi connectivity index (χ2n) is 7.44. The molecular weight excluding hydrogens is 435 g/mol. The van der Waals surface area contributed by atoms with Crippen LogP contribution < -0.4 is 9.47 Å². The highest BCUT2D eigenvalue weighted by molar-refractivity contribution is 5.70. The predicted molar refractivity (Wildman–Crippen MR) is 117 cm³/mol. The summed E-state index contributed by atoms with van der Waals surface area (Å²) in [5, 5.41) is 9.04. The number of ether oxygens (including phenoxy) is 2. The maximum absolute atomic E-state index is 13.1. The number of allylic oxidation sites excluding steroid dienone is 3. The van der Waals surface area contributed by atoms with Gasteiger partial charge in [0.25, 0.3) is 0 Å². The number of nitrogens with zero attached hydrogens (tertiary/aromatic N) is 1. The molecule has 2 aromatic carbocycles. The van der Waals surface area contributed by atoms with Gasteiger partial charge in [-0.05, 0) is 66.8 Å². The molecule has 33 heavy (non-hydrogen) atoms. The van der Waals surface area contributed by atoms with Crippen molar-refractivity contribution in [3.05, 3.63) is 77.0 Å². The van der Waals surface area contributed by atoms with Crippen molar-refractivity contribution in [3.8, 4) is 29.2 Å². The third-order valence-electron chi connectivity index (χ3n) is 4.57. The molecule has 1 heterocycles. The van der Waals surface area contributed by atoms with Crippen molar-refractivity contribution in [1.29, 1.82) is 0 Å². The fraction of sp³-hybridized carbons (Fsp3) is 0.240. The van der Waals surface area contributed by atoms with Gasteiger partial charge in [-0.3, -0.25) is 9.69 Å². The van der Waals surface area contributed by atoms with E-state index < -0.39 is 17.8 Å². The van der Waals surface area contributed by atoms with E-state index in [9.17, 15) is 18.0 Å². The highest BCUT2D eigenvalue weighted by atomic mass is 19.4. The van der Waals surface area contributed by atoms with Gasteiger partial charge in [-0.2, -0.15) is 13.2 Å². The van der Waals surface area contributed by atoms with Crippen LogP contribution in [-0.4, -0.2) is 35.3 Å². The van der Waals surface area contributed by atoms with Gasteiger partial charge in [-0.1, -0.05) is 24.3 Å². The minimum atomic E-state index is -4.49. The molecule has 0 amide bonds. The summed E-state index contributed by atoms with van der Waals surface area (Å²) < 4.78 is 50.9. The fourth-order valence-corrected chi connectivity index (χ4v) is 3.21. The third kappa shape index (κ3) is 6.81. The van der Waals surface area contributed by atoms with Gasteiger partial charge in [0.15, 0.2) is 18.1 Å². The topological polar surface area (TPSA) is 59.0 Å². The summed E-state index contributed by atoms with van der Waals surface area (Å²) in [7, 11) is 0. The van der Waals surface area contributed by atoms with Crippen molar-refractivity contribution >= 4 is 5.97 Å². The minimum absolute atomic E-state index is 0.0309. The van der Waals surface area contributed by atoms with Gasteiger partial charge in [-0.15, -0.1) is 0 Å². The zero-order valence-corrected chi connectivity index (χ0v) is 18.1. The van der Waals surface area contributed by atoms with E-state index in [1.165, 1.54) is 6.08 Å². The molecule has 1 N–H and O–H groups in total. The molecule has 0 unspecified atom stereocenters. The molecule has 0 aliphatic carbocycles. The van der Waals surface area contributed by atoms with Gasteiger partial charge >= 0.3 is 12.1 Å². The van der Waals surface area contributed by atoms with Crippen molar-refractivity contribution in [2.45, 2.75) is 26.4 Å². The second-order valence-corrected chi connectivity index (χ2v) is 7.44. The average Bonchev–Trinajstić information content (AvgIpc) is 2.71. The monoisotopic (exact) mass is 457 g/mol. The number of benzene rings is 2. The number of aliphatic carboxylic acids is 1. The molecule has 2 aromatic rings. The molecule has 0 atom stereocenters. The van der Waals surface area contributed by atoms with Gasteiger partial charge in [-0.25, -0.2) is 0 Å². The molecule has 0 spiro atoms. The molecule has 1 aliphatic rings. The van der Waals surface area contributed by atoms with Crippen LogP contribution in [-0.2, 0) is 11.2 Å². The van der Waals surface area contributed by atoms with E-state index in [4.69, 9.17) is 14.6 Å². The van der Waals surface area contributed by atoms with Crippen molar-refractivity contribution < 1.29 is 32.5 Å². The van der Waals surface area contributed by atoms with Gasteiger partial charge in [0, 0.05) is 12.6 Å². The molecule has 172 valence electrons. The minimum Gasteiger partial charge on any atom is -0.481 e. The number of rotatable bonds is 6. The quantitative estimate of drug-likeness (QED) is 0.591. The molecule has 5 nitrogen and oxygen atoms in total. The van der Waals surface area contributed by atoms with E-state index in [1.807, 2.05) is 19.9 Å². The first-order chi connectivity index (χ1) is 15.6. The molecule has 8 heteroatoms. The van der Waals surface area contributed by atoms with Gasteiger partial charge in [0.2, 0.25) is 0 Å². The van der Waals surface area contributed by atoms with E-state index in [0.717, 1.165) is 22.1 Å². The largest absolute Gasteiger partial charge is 0.481 e. The number of alkyl halides is 3. The van der Waals surface area contributed by atoms with Gasteiger partial charge in [0.1, 0.15) is 11.4 Å². The lowest BCUT2D eigenvalue weighted by molar-refractivity contribution is -0.136. The van der Waals surface area contributed by atoms with Crippen LogP contribution in [0.1, 0.15) is 16.7 Å². The summed E-state index contributed by atoms with van der Waals surface area (Å²) in [5.74, 6) is 2.87. The second kappa shape index (κ2) is 10.2. The van der Waals surface area contributed by atoms with Crippen molar-refractivity contribution in [1.82, 2.24) is 4.90 Å². The molecule has 1 aliphatic heterocycles. The number of carbonyl (C=O) groups is 1. The summed E-state index contributed by atoms with van der Waals surface area (Å²) >= 11 is 0. The van der Waals surface area contributed by atoms with Crippen molar-refractivity contribution in [2.75, 3.05) is 13.2 Å². The van der Waals surface area contributed by atoms with Crippen LogP contribution in [0.25, 0.3) is 0 Å². The smallest absolute Gasteiger partial charge is 0.432 e. The number of aryl methyl sites for hydroxylation is 2. The Bertz CT molecular complexity index is 1160. The number of carboxylic acids is 1. The number of halogens is 3. The Labute approximate surface area is 189 Å². The number of hydrogen-bond donors (Lipinski definition) is 1. The highest BCUT2D eigenvalue weighted by Gasteiger charge is 2.37.